The van der Waals surface area contributed by atoms with Crippen molar-refractivity contribution in [3.8, 4) is 11.1 Å². The van der Waals surface area contributed by atoms with Crippen molar-refractivity contribution >= 4 is 23.3 Å². The first kappa shape index (κ1) is 22.4. The Morgan fingerprint density at radius 2 is 2.00 bits per heavy atom. The van der Waals surface area contributed by atoms with Gasteiger partial charge in [0.25, 0.3) is 0 Å². The molecule has 7 nitrogen and oxygen atoms in total. The number of anilines is 1. The molecule has 0 bridgehead atoms. The highest BCUT2D eigenvalue weighted by Gasteiger charge is 2.32. The minimum absolute atomic E-state index is 0.150. The van der Waals surface area contributed by atoms with Crippen LogP contribution in [0.4, 0.5) is 5.82 Å². The molecule has 0 aromatic carbocycles. The van der Waals surface area contributed by atoms with E-state index < -0.39 is 11.5 Å². The van der Waals surface area contributed by atoms with Crippen LogP contribution in [0.25, 0.3) is 11.1 Å². The SMILES string of the molecule is C[C@@H](C(=O)Nc1cc(-c2cnn3c2CC(C)(C)C3)c(Cl)cn1)c1ccnc(C(C)(C)O)c1. The smallest absolute Gasteiger partial charge is 0.232 e. The van der Waals surface area contributed by atoms with Gasteiger partial charge in [0.15, 0.2) is 0 Å². The van der Waals surface area contributed by atoms with Gasteiger partial charge in [0.05, 0.1) is 22.8 Å². The number of carbonyl (C=O) groups is 1. The minimum atomic E-state index is -1.08. The third-order valence-corrected chi connectivity index (χ3v) is 6.17. The van der Waals surface area contributed by atoms with E-state index in [4.69, 9.17) is 11.6 Å². The Hall–Kier alpha value is -2.77. The number of amides is 1. The predicted octanol–water partition coefficient (Wildman–Crippen LogP) is 4.55. The lowest BCUT2D eigenvalue weighted by Gasteiger charge is -2.19. The Balaban J connectivity index is 1.57. The molecule has 0 saturated carbocycles. The molecular formula is C24H28ClN5O2. The van der Waals surface area contributed by atoms with E-state index in [9.17, 15) is 9.90 Å². The summed E-state index contributed by atoms with van der Waals surface area (Å²) in [5.74, 6) is -0.239. The van der Waals surface area contributed by atoms with Gasteiger partial charge in [-0.25, -0.2) is 4.98 Å². The van der Waals surface area contributed by atoms with Crippen LogP contribution < -0.4 is 5.32 Å². The number of pyridine rings is 2. The minimum Gasteiger partial charge on any atom is -0.384 e. The summed E-state index contributed by atoms with van der Waals surface area (Å²) in [5, 5.41) is 18.2. The average Bonchev–Trinajstić information content (AvgIpc) is 3.23. The third-order valence-electron chi connectivity index (χ3n) is 5.87. The van der Waals surface area contributed by atoms with Crippen LogP contribution in [-0.2, 0) is 23.4 Å². The zero-order chi connectivity index (χ0) is 23.3. The summed E-state index contributed by atoms with van der Waals surface area (Å²) in [6, 6.07) is 5.33. The number of nitrogens with one attached hydrogen (secondary N) is 1. The summed E-state index contributed by atoms with van der Waals surface area (Å²) in [6.45, 7) is 10.4. The lowest BCUT2D eigenvalue weighted by molar-refractivity contribution is -0.117. The average molecular weight is 454 g/mol. The Kier molecular flexibility index (Phi) is 5.59. The van der Waals surface area contributed by atoms with Gasteiger partial charge in [-0.05, 0) is 56.4 Å². The molecule has 32 heavy (non-hydrogen) atoms. The van der Waals surface area contributed by atoms with Crippen LogP contribution in [-0.4, -0.2) is 30.8 Å². The Bertz CT molecular complexity index is 1180. The molecule has 2 N–H and O–H groups in total. The third kappa shape index (κ3) is 4.40. The van der Waals surface area contributed by atoms with Gasteiger partial charge >= 0.3 is 0 Å². The second kappa shape index (κ2) is 7.98. The molecule has 1 amide bonds. The molecule has 8 heteroatoms. The van der Waals surface area contributed by atoms with E-state index in [-0.39, 0.29) is 11.3 Å². The molecule has 4 rings (SSSR count). The standard InChI is InChI=1S/C24H28ClN5O2/c1-14(15-6-7-26-20(8-15)24(4,5)32)22(31)29-21-9-16(18(25)12-27-21)17-11-28-30-13-23(2,3)10-19(17)30/h6-9,11-12,14,32H,10,13H2,1-5H3,(H,27,29,31)/t14-/m1/s1. The Morgan fingerprint density at radius 3 is 2.72 bits per heavy atom. The predicted molar refractivity (Wildman–Crippen MR) is 124 cm³/mol. The summed E-state index contributed by atoms with van der Waals surface area (Å²) in [7, 11) is 0. The number of aromatic nitrogens is 4. The normalized spacial score (nSPS) is 16.0. The maximum absolute atomic E-state index is 12.9. The first-order valence-electron chi connectivity index (χ1n) is 10.6. The van der Waals surface area contributed by atoms with Gasteiger partial charge in [-0.1, -0.05) is 25.4 Å². The molecule has 1 aliphatic rings. The highest BCUT2D eigenvalue weighted by atomic mass is 35.5. The second-order valence-electron chi connectivity index (χ2n) is 9.80. The van der Waals surface area contributed by atoms with Crippen LogP contribution in [0.2, 0.25) is 5.02 Å². The van der Waals surface area contributed by atoms with Crippen LogP contribution in [0.5, 0.6) is 0 Å². The number of halogens is 1. The van der Waals surface area contributed by atoms with E-state index in [0.717, 1.165) is 35.3 Å². The van der Waals surface area contributed by atoms with Crippen molar-refractivity contribution in [3.05, 3.63) is 58.8 Å². The summed E-state index contributed by atoms with van der Waals surface area (Å²) in [5.41, 5.74) is 3.26. The maximum Gasteiger partial charge on any atom is 0.232 e. The van der Waals surface area contributed by atoms with E-state index in [1.807, 2.05) is 17.8 Å². The van der Waals surface area contributed by atoms with Crippen molar-refractivity contribution in [1.29, 1.82) is 0 Å². The van der Waals surface area contributed by atoms with Crippen LogP contribution in [0.15, 0.2) is 36.8 Å². The zero-order valence-corrected chi connectivity index (χ0v) is 19.7. The van der Waals surface area contributed by atoms with Gasteiger partial charge in [-0.15, -0.1) is 0 Å². The van der Waals surface area contributed by atoms with E-state index in [2.05, 4.69) is 34.2 Å². The summed E-state index contributed by atoms with van der Waals surface area (Å²) >= 11 is 6.47. The monoisotopic (exact) mass is 453 g/mol. The Morgan fingerprint density at radius 1 is 1.25 bits per heavy atom. The summed E-state index contributed by atoms with van der Waals surface area (Å²) < 4.78 is 2.02. The van der Waals surface area contributed by atoms with Gasteiger partial charge in [-0.2, -0.15) is 5.10 Å². The quantitative estimate of drug-likeness (QED) is 0.591. The van der Waals surface area contributed by atoms with E-state index in [0.29, 0.717) is 16.5 Å². The fourth-order valence-electron chi connectivity index (χ4n) is 4.02. The van der Waals surface area contributed by atoms with Crippen molar-refractivity contribution in [3.63, 3.8) is 0 Å². The maximum atomic E-state index is 12.9. The largest absolute Gasteiger partial charge is 0.384 e. The van der Waals surface area contributed by atoms with Crippen LogP contribution in [0.1, 0.15) is 57.5 Å². The number of fused-ring (bicyclic) bond motifs is 1. The molecular weight excluding hydrogens is 426 g/mol. The number of carbonyl (C=O) groups excluding carboxylic acids is 1. The van der Waals surface area contributed by atoms with Gasteiger partial charge < -0.3 is 10.4 Å². The molecule has 0 saturated heterocycles. The Labute approximate surface area is 192 Å². The number of aliphatic hydroxyl groups is 1. The molecule has 1 aliphatic heterocycles. The number of nitrogens with zero attached hydrogens (tertiary/aromatic N) is 4. The molecule has 3 aromatic rings. The molecule has 1 atom stereocenters. The fraction of sp³-hybridized carbons (Fsp3) is 0.417. The van der Waals surface area contributed by atoms with Crippen molar-refractivity contribution in [1.82, 2.24) is 19.7 Å². The molecule has 0 radical (unpaired) electrons. The van der Waals surface area contributed by atoms with E-state index in [1.54, 1.807) is 44.4 Å². The first-order chi connectivity index (χ1) is 14.9. The van der Waals surface area contributed by atoms with Crippen LogP contribution in [0, 0.1) is 5.41 Å². The lowest BCUT2D eigenvalue weighted by Crippen LogP contribution is -2.22. The molecule has 0 aliphatic carbocycles. The molecule has 4 heterocycles. The van der Waals surface area contributed by atoms with Gasteiger partial charge in [0, 0.05) is 35.8 Å². The molecule has 0 unspecified atom stereocenters. The van der Waals surface area contributed by atoms with Crippen LogP contribution in [0.3, 0.4) is 0 Å². The molecule has 3 aromatic heterocycles. The fourth-order valence-corrected chi connectivity index (χ4v) is 4.23. The van der Waals surface area contributed by atoms with E-state index in [1.165, 1.54) is 0 Å². The first-order valence-corrected chi connectivity index (χ1v) is 11.0. The van der Waals surface area contributed by atoms with Gasteiger partial charge in [0.1, 0.15) is 11.4 Å². The number of hydrogen-bond acceptors (Lipinski definition) is 5. The highest BCUT2D eigenvalue weighted by molar-refractivity contribution is 6.33. The molecule has 0 spiro atoms. The number of hydrogen-bond donors (Lipinski definition) is 2. The summed E-state index contributed by atoms with van der Waals surface area (Å²) in [4.78, 5) is 21.5. The number of rotatable bonds is 5. The van der Waals surface area contributed by atoms with Crippen molar-refractivity contribution in [2.75, 3.05) is 5.32 Å². The lowest BCUT2D eigenvalue weighted by atomic mass is 9.89. The summed E-state index contributed by atoms with van der Waals surface area (Å²) in [6.07, 6.45) is 5.90. The van der Waals surface area contributed by atoms with E-state index >= 15 is 0 Å². The zero-order valence-electron chi connectivity index (χ0n) is 19.0. The van der Waals surface area contributed by atoms with Crippen LogP contribution >= 0.6 is 11.6 Å². The van der Waals surface area contributed by atoms with Crippen molar-refractivity contribution < 1.29 is 9.90 Å². The second-order valence-corrected chi connectivity index (χ2v) is 10.2. The molecule has 0 fully saturated rings. The van der Waals surface area contributed by atoms with Gasteiger partial charge in [-0.3, -0.25) is 14.5 Å². The van der Waals surface area contributed by atoms with Gasteiger partial charge in [0.2, 0.25) is 5.91 Å². The molecule has 168 valence electrons. The van der Waals surface area contributed by atoms with Crippen molar-refractivity contribution in [2.24, 2.45) is 5.41 Å². The highest BCUT2D eigenvalue weighted by Crippen LogP contribution is 2.39. The van der Waals surface area contributed by atoms with Crippen molar-refractivity contribution in [2.45, 2.75) is 59.1 Å². The topological polar surface area (TPSA) is 92.9 Å².